The van der Waals surface area contributed by atoms with Gasteiger partial charge in [-0.2, -0.15) is 0 Å². The van der Waals surface area contributed by atoms with Gasteiger partial charge in [0, 0.05) is 24.8 Å². The van der Waals surface area contributed by atoms with Crippen molar-refractivity contribution in [1.29, 1.82) is 0 Å². The molecule has 0 spiro atoms. The predicted octanol–water partition coefficient (Wildman–Crippen LogP) is 1.29. The van der Waals surface area contributed by atoms with Gasteiger partial charge in [0.05, 0.1) is 5.69 Å². The predicted molar refractivity (Wildman–Crippen MR) is 72.0 cm³/mol. The van der Waals surface area contributed by atoms with E-state index in [0.717, 1.165) is 29.9 Å². The molecule has 2 amide bonds. The molecule has 1 atom stereocenters. The molecule has 0 fully saturated rings. The van der Waals surface area contributed by atoms with Gasteiger partial charge in [0.1, 0.15) is 5.76 Å². The van der Waals surface area contributed by atoms with E-state index in [-0.39, 0.29) is 18.7 Å². The third-order valence-corrected chi connectivity index (χ3v) is 3.01. The quantitative estimate of drug-likeness (QED) is 0.651. The van der Waals surface area contributed by atoms with Crippen molar-refractivity contribution < 1.29 is 14.4 Å². The summed E-state index contributed by atoms with van der Waals surface area (Å²) in [5.41, 5.74) is 2.04. The van der Waals surface area contributed by atoms with Gasteiger partial charge < -0.3 is 20.3 Å². The van der Waals surface area contributed by atoms with Crippen molar-refractivity contribution >= 4 is 6.03 Å². The van der Waals surface area contributed by atoms with Crippen molar-refractivity contribution in [3.05, 3.63) is 17.0 Å². The second-order valence-corrected chi connectivity index (χ2v) is 4.72. The molecule has 1 heterocycles. The summed E-state index contributed by atoms with van der Waals surface area (Å²) in [7, 11) is 0. The minimum Gasteiger partial charge on any atom is -0.396 e. The highest BCUT2D eigenvalue weighted by Crippen LogP contribution is 2.13. The molecule has 0 aliphatic carbocycles. The molecular formula is C13H23N3O3. The molecular weight excluding hydrogens is 246 g/mol. The molecule has 0 radical (unpaired) electrons. The first-order chi connectivity index (χ1) is 9.04. The number of aromatic nitrogens is 1. The van der Waals surface area contributed by atoms with Gasteiger partial charge in [-0.25, -0.2) is 4.79 Å². The van der Waals surface area contributed by atoms with Crippen LogP contribution in [0.25, 0.3) is 0 Å². The first-order valence-corrected chi connectivity index (χ1v) is 6.61. The molecule has 0 saturated heterocycles. The summed E-state index contributed by atoms with van der Waals surface area (Å²) in [6, 6.07) is -0.215. The van der Waals surface area contributed by atoms with E-state index in [1.165, 1.54) is 0 Å². The average Bonchev–Trinajstić information content (AvgIpc) is 2.65. The number of carbonyl (C=O) groups is 1. The molecule has 1 aromatic rings. The molecule has 0 unspecified atom stereocenters. The summed E-state index contributed by atoms with van der Waals surface area (Å²) in [5, 5.41) is 18.2. The van der Waals surface area contributed by atoms with Gasteiger partial charge in [-0.1, -0.05) is 5.16 Å². The first-order valence-electron chi connectivity index (χ1n) is 6.61. The number of aliphatic hydroxyl groups is 1. The number of rotatable bonds is 7. The van der Waals surface area contributed by atoms with Crippen molar-refractivity contribution in [2.45, 2.75) is 46.1 Å². The SMILES string of the molecule is Cc1noc(C)c1CCCNC(=O)N[C@H](C)CCO. The van der Waals surface area contributed by atoms with Gasteiger partial charge in [-0.05, 0) is 40.0 Å². The smallest absolute Gasteiger partial charge is 0.314 e. The number of hydrogen-bond donors (Lipinski definition) is 3. The number of hydrogen-bond acceptors (Lipinski definition) is 4. The second kappa shape index (κ2) is 7.78. The fourth-order valence-corrected chi connectivity index (χ4v) is 1.87. The van der Waals surface area contributed by atoms with E-state index >= 15 is 0 Å². The Morgan fingerprint density at radius 2 is 2.21 bits per heavy atom. The zero-order valence-electron chi connectivity index (χ0n) is 11.8. The Balaban J connectivity index is 2.19. The molecule has 108 valence electrons. The highest BCUT2D eigenvalue weighted by Gasteiger charge is 2.09. The van der Waals surface area contributed by atoms with Crippen LogP contribution in [0.5, 0.6) is 0 Å². The minimum atomic E-state index is -0.195. The van der Waals surface area contributed by atoms with Crippen LogP contribution in [-0.2, 0) is 6.42 Å². The minimum absolute atomic E-state index is 0.0208. The normalized spacial score (nSPS) is 12.2. The van der Waals surface area contributed by atoms with Gasteiger partial charge in [-0.15, -0.1) is 0 Å². The molecule has 0 bridgehead atoms. The van der Waals surface area contributed by atoms with Crippen molar-refractivity contribution in [3.63, 3.8) is 0 Å². The number of amides is 2. The zero-order chi connectivity index (χ0) is 14.3. The lowest BCUT2D eigenvalue weighted by Gasteiger charge is -2.13. The standard InChI is InChI=1S/C13H23N3O3/c1-9(6-8-17)15-13(18)14-7-4-5-12-10(2)16-19-11(12)3/h9,17H,4-8H2,1-3H3,(H2,14,15,18)/t9-/m1/s1. The Hall–Kier alpha value is -1.56. The highest BCUT2D eigenvalue weighted by atomic mass is 16.5. The molecule has 0 saturated carbocycles. The average molecular weight is 269 g/mol. The summed E-state index contributed by atoms with van der Waals surface area (Å²) in [4.78, 5) is 11.5. The van der Waals surface area contributed by atoms with Gasteiger partial charge in [0.2, 0.25) is 0 Å². The maximum absolute atomic E-state index is 11.5. The molecule has 6 nitrogen and oxygen atoms in total. The maximum atomic E-state index is 11.5. The highest BCUT2D eigenvalue weighted by molar-refractivity contribution is 5.74. The lowest BCUT2D eigenvalue weighted by Crippen LogP contribution is -2.41. The van der Waals surface area contributed by atoms with E-state index in [1.807, 2.05) is 20.8 Å². The van der Waals surface area contributed by atoms with Crippen molar-refractivity contribution in [2.75, 3.05) is 13.2 Å². The van der Waals surface area contributed by atoms with Crippen LogP contribution in [0.3, 0.4) is 0 Å². The number of urea groups is 1. The van der Waals surface area contributed by atoms with Crippen LogP contribution >= 0.6 is 0 Å². The van der Waals surface area contributed by atoms with Crippen LogP contribution in [0.4, 0.5) is 4.79 Å². The third-order valence-electron chi connectivity index (χ3n) is 3.01. The monoisotopic (exact) mass is 269 g/mol. The molecule has 0 aromatic carbocycles. The molecule has 0 aliphatic rings. The van der Waals surface area contributed by atoms with Crippen molar-refractivity contribution in [2.24, 2.45) is 0 Å². The first kappa shape index (κ1) is 15.5. The molecule has 19 heavy (non-hydrogen) atoms. The number of aryl methyl sites for hydroxylation is 2. The Morgan fingerprint density at radius 3 is 2.79 bits per heavy atom. The van der Waals surface area contributed by atoms with Crippen molar-refractivity contribution in [1.82, 2.24) is 15.8 Å². The molecule has 3 N–H and O–H groups in total. The Morgan fingerprint density at radius 1 is 1.47 bits per heavy atom. The topological polar surface area (TPSA) is 87.4 Å². The van der Waals surface area contributed by atoms with E-state index in [2.05, 4.69) is 15.8 Å². The van der Waals surface area contributed by atoms with Crippen LogP contribution in [-0.4, -0.2) is 35.5 Å². The molecule has 1 aromatic heterocycles. The van der Waals surface area contributed by atoms with E-state index in [1.54, 1.807) is 0 Å². The van der Waals surface area contributed by atoms with Gasteiger partial charge >= 0.3 is 6.03 Å². The number of carbonyl (C=O) groups excluding carboxylic acids is 1. The van der Waals surface area contributed by atoms with Crippen LogP contribution < -0.4 is 10.6 Å². The largest absolute Gasteiger partial charge is 0.396 e. The van der Waals surface area contributed by atoms with Crippen molar-refractivity contribution in [3.8, 4) is 0 Å². The Bertz CT molecular complexity index is 384. The Labute approximate surface area is 113 Å². The fourth-order valence-electron chi connectivity index (χ4n) is 1.87. The van der Waals surface area contributed by atoms with E-state index < -0.39 is 0 Å². The summed E-state index contributed by atoms with van der Waals surface area (Å²) in [6.07, 6.45) is 2.24. The fraction of sp³-hybridized carbons (Fsp3) is 0.692. The van der Waals surface area contributed by atoms with E-state index in [9.17, 15) is 4.79 Å². The molecule has 6 heteroatoms. The van der Waals surface area contributed by atoms with E-state index in [4.69, 9.17) is 9.63 Å². The summed E-state index contributed by atoms with van der Waals surface area (Å²) in [6.45, 7) is 6.35. The zero-order valence-corrected chi connectivity index (χ0v) is 11.8. The van der Waals surface area contributed by atoms with Crippen LogP contribution in [0.2, 0.25) is 0 Å². The number of aliphatic hydroxyl groups excluding tert-OH is 1. The lowest BCUT2D eigenvalue weighted by atomic mass is 10.1. The summed E-state index contributed by atoms with van der Waals surface area (Å²) in [5.74, 6) is 0.846. The van der Waals surface area contributed by atoms with Crippen LogP contribution in [0.15, 0.2) is 4.52 Å². The molecule has 1 rings (SSSR count). The van der Waals surface area contributed by atoms with E-state index in [0.29, 0.717) is 13.0 Å². The maximum Gasteiger partial charge on any atom is 0.314 e. The van der Waals surface area contributed by atoms with Crippen LogP contribution in [0, 0.1) is 13.8 Å². The number of nitrogens with zero attached hydrogens (tertiary/aromatic N) is 1. The number of nitrogens with one attached hydrogen (secondary N) is 2. The second-order valence-electron chi connectivity index (χ2n) is 4.72. The van der Waals surface area contributed by atoms with Crippen LogP contribution in [0.1, 0.15) is 36.8 Å². The summed E-state index contributed by atoms with van der Waals surface area (Å²) >= 11 is 0. The lowest BCUT2D eigenvalue weighted by molar-refractivity contribution is 0.231. The van der Waals surface area contributed by atoms with Gasteiger partial charge in [0.15, 0.2) is 0 Å². The van der Waals surface area contributed by atoms with Gasteiger partial charge in [-0.3, -0.25) is 0 Å². The molecule has 0 aliphatic heterocycles. The van der Waals surface area contributed by atoms with Gasteiger partial charge in [0.25, 0.3) is 0 Å². The Kier molecular flexibility index (Phi) is 6.35. The summed E-state index contributed by atoms with van der Waals surface area (Å²) < 4.78 is 5.08. The third kappa shape index (κ3) is 5.30.